The zero-order chi connectivity index (χ0) is 16.4. The highest BCUT2D eigenvalue weighted by Gasteiger charge is 2.40. The van der Waals surface area contributed by atoms with Gasteiger partial charge in [-0.25, -0.2) is 8.78 Å². The van der Waals surface area contributed by atoms with E-state index in [1.165, 1.54) is 12.1 Å². The number of nitrogens with one attached hydrogen (secondary N) is 1. The number of carbonyl (C=O) groups excluding carboxylic acids is 1. The summed E-state index contributed by atoms with van der Waals surface area (Å²) >= 11 is 0. The van der Waals surface area contributed by atoms with Crippen LogP contribution in [0.1, 0.15) is 24.8 Å². The third kappa shape index (κ3) is 3.70. The number of likely N-dealkylation sites (N-methyl/N-ethyl adjacent to an activating group) is 1. The number of benzene rings is 1. The van der Waals surface area contributed by atoms with Crippen molar-refractivity contribution in [3.63, 3.8) is 0 Å². The predicted molar refractivity (Wildman–Crippen MR) is 83.9 cm³/mol. The summed E-state index contributed by atoms with van der Waals surface area (Å²) in [6, 6.07) is 3.69. The summed E-state index contributed by atoms with van der Waals surface area (Å²) in [5.74, 6) is -0.958. The van der Waals surface area contributed by atoms with Gasteiger partial charge in [-0.1, -0.05) is 0 Å². The van der Waals surface area contributed by atoms with Gasteiger partial charge in [0.2, 0.25) is 5.91 Å². The van der Waals surface area contributed by atoms with Crippen molar-refractivity contribution >= 4 is 5.91 Å². The largest absolute Gasteiger partial charge is 0.356 e. The van der Waals surface area contributed by atoms with Crippen molar-refractivity contribution in [2.24, 2.45) is 0 Å². The monoisotopic (exact) mass is 323 g/mol. The summed E-state index contributed by atoms with van der Waals surface area (Å²) in [5.41, 5.74) is 0.619. The quantitative estimate of drug-likeness (QED) is 0.901. The lowest BCUT2D eigenvalue weighted by Gasteiger charge is -2.49. The van der Waals surface area contributed by atoms with Crippen LogP contribution in [0.5, 0.6) is 0 Å². The van der Waals surface area contributed by atoms with Crippen LogP contribution in [0.25, 0.3) is 0 Å². The highest BCUT2D eigenvalue weighted by atomic mass is 19.1. The van der Waals surface area contributed by atoms with Crippen molar-refractivity contribution in [2.75, 3.05) is 33.2 Å². The fraction of sp³-hybridized carbons (Fsp3) is 0.588. The maximum absolute atomic E-state index is 13.4. The Morgan fingerprint density at radius 1 is 1.17 bits per heavy atom. The number of hydrogen-bond acceptors (Lipinski definition) is 3. The second-order valence-corrected chi connectivity index (χ2v) is 6.73. The Morgan fingerprint density at radius 2 is 1.91 bits per heavy atom. The molecular formula is C17H23F2N3O. The Kier molecular flexibility index (Phi) is 4.64. The van der Waals surface area contributed by atoms with Gasteiger partial charge < -0.3 is 5.32 Å². The molecule has 0 aromatic heterocycles. The minimum atomic E-state index is -0.534. The van der Waals surface area contributed by atoms with Crippen molar-refractivity contribution in [3.05, 3.63) is 35.4 Å². The molecule has 0 radical (unpaired) electrons. The molecule has 0 bridgehead atoms. The fourth-order valence-electron chi connectivity index (χ4n) is 3.77. The average molecular weight is 323 g/mol. The molecule has 1 spiro atoms. The molecule has 2 heterocycles. The molecule has 2 fully saturated rings. The summed E-state index contributed by atoms with van der Waals surface area (Å²) < 4.78 is 26.8. The lowest BCUT2D eigenvalue weighted by atomic mass is 9.86. The normalized spacial score (nSPS) is 27.0. The van der Waals surface area contributed by atoms with Gasteiger partial charge in [0.25, 0.3) is 0 Å². The van der Waals surface area contributed by atoms with Crippen LogP contribution in [0.2, 0.25) is 0 Å². The molecule has 1 aromatic carbocycles. The van der Waals surface area contributed by atoms with E-state index in [0.29, 0.717) is 25.1 Å². The van der Waals surface area contributed by atoms with Crippen LogP contribution in [0, 0.1) is 11.6 Å². The van der Waals surface area contributed by atoms with Crippen LogP contribution in [-0.2, 0) is 11.3 Å². The topological polar surface area (TPSA) is 35.6 Å². The molecule has 1 aromatic rings. The molecule has 1 amide bonds. The van der Waals surface area contributed by atoms with Gasteiger partial charge in [0.15, 0.2) is 0 Å². The summed E-state index contributed by atoms with van der Waals surface area (Å²) in [6.45, 7) is 3.79. The highest BCUT2D eigenvalue weighted by molar-refractivity contribution is 5.76. The van der Waals surface area contributed by atoms with Crippen molar-refractivity contribution in [1.82, 2.24) is 15.1 Å². The molecule has 6 heteroatoms. The Labute approximate surface area is 135 Å². The summed E-state index contributed by atoms with van der Waals surface area (Å²) in [4.78, 5) is 16.2. The molecule has 0 saturated carbocycles. The fourth-order valence-corrected chi connectivity index (χ4v) is 3.77. The first-order chi connectivity index (χ1) is 11.0. The second-order valence-electron chi connectivity index (χ2n) is 6.73. The van der Waals surface area contributed by atoms with E-state index in [0.717, 1.165) is 38.5 Å². The van der Waals surface area contributed by atoms with Gasteiger partial charge in [0, 0.05) is 50.7 Å². The van der Waals surface area contributed by atoms with Crippen LogP contribution in [0.3, 0.4) is 0 Å². The molecule has 126 valence electrons. The molecule has 4 nitrogen and oxygen atoms in total. The molecule has 1 N–H and O–H groups in total. The van der Waals surface area contributed by atoms with Crippen molar-refractivity contribution < 1.29 is 13.6 Å². The standard InChI is InChI=1S/C17H23F2N3O/c1-21-6-7-22(11-13-8-14(18)10-15(19)9-13)12-17(21)3-2-16(23)20-5-4-17/h8-10H,2-7,11-12H2,1H3,(H,20,23)/t17-/m1/s1. The zero-order valence-corrected chi connectivity index (χ0v) is 13.4. The maximum Gasteiger partial charge on any atom is 0.220 e. The van der Waals surface area contributed by atoms with E-state index in [1.807, 2.05) is 0 Å². The Balaban J connectivity index is 1.73. The molecule has 2 aliphatic rings. The molecule has 3 rings (SSSR count). The lowest BCUT2D eigenvalue weighted by Crippen LogP contribution is -2.60. The van der Waals surface area contributed by atoms with Gasteiger partial charge in [-0.05, 0) is 37.6 Å². The summed E-state index contributed by atoms with van der Waals surface area (Å²) in [6.07, 6.45) is 2.26. The molecule has 0 aliphatic carbocycles. The van der Waals surface area contributed by atoms with Gasteiger partial charge in [0.1, 0.15) is 11.6 Å². The Bertz CT molecular complexity index is 575. The molecule has 0 unspecified atom stereocenters. The Hall–Kier alpha value is -1.53. The highest BCUT2D eigenvalue weighted by Crippen LogP contribution is 2.31. The number of amides is 1. The van der Waals surface area contributed by atoms with Crippen LogP contribution >= 0.6 is 0 Å². The Morgan fingerprint density at radius 3 is 2.65 bits per heavy atom. The third-order valence-electron chi connectivity index (χ3n) is 5.14. The van der Waals surface area contributed by atoms with Crippen LogP contribution in [-0.4, -0.2) is 54.5 Å². The van der Waals surface area contributed by atoms with E-state index >= 15 is 0 Å². The SMILES string of the molecule is CN1CCN(Cc2cc(F)cc(F)c2)C[C@@]12CCNC(=O)CC2. The summed E-state index contributed by atoms with van der Waals surface area (Å²) in [7, 11) is 2.11. The minimum Gasteiger partial charge on any atom is -0.356 e. The van der Waals surface area contributed by atoms with E-state index in [1.54, 1.807) is 0 Å². The van der Waals surface area contributed by atoms with Gasteiger partial charge in [-0.3, -0.25) is 14.6 Å². The first-order valence-electron chi connectivity index (χ1n) is 8.12. The van der Waals surface area contributed by atoms with Crippen molar-refractivity contribution in [3.8, 4) is 0 Å². The first-order valence-corrected chi connectivity index (χ1v) is 8.12. The van der Waals surface area contributed by atoms with E-state index in [-0.39, 0.29) is 11.4 Å². The molecule has 2 saturated heterocycles. The van der Waals surface area contributed by atoms with E-state index in [4.69, 9.17) is 0 Å². The lowest BCUT2D eigenvalue weighted by molar-refractivity contribution is -0.121. The average Bonchev–Trinajstić information content (AvgIpc) is 2.65. The van der Waals surface area contributed by atoms with Gasteiger partial charge >= 0.3 is 0 Å². The van der Waals surface area contributed by atoms with E-state index in [9.17, 15) is 13.6 Å². The van der Waals surface area contributed by atoms with Crippen LogP contribution < -0.4 is 5.32 Å². The predicted octanol–water partition coefficient (Wildman–Crippen LogP) is 1.75. The number of nitrogens with zero attached hydrogens (tertiary/aromatic N) is 2. The summed E-state index contributed by atoms with van der Waals surface area (Å²) in [5, 5.41) is 2.93. The number of piperazine rings is 1. The molecule has 2 aliphatic heterocycles. The van der Waals surface area contributed by atoms with Crippen LogP contribution in [0.15, 0.2) is 18.2 Å². The van der Waals surface area contributed by atoms with Gasteiger partial charge in [-0.2, -0.15) is 0 Å². The van der Waals surface area contributed by atoms with E-state index in [2.05, 4.69) is 22.2 Å². The molecule has 23 heavy (non-hydrogen) atoms. The maximum atomic E-state index is 13.4. The molecular weight excluding hydrogens is 300 g/mol. The number of hydrogen-bond donors (Lipinski definition) is 1. The number of carbonyl (C=O) groups is 1. The second kappa shape index (κ2) is 6.53. The van der Waals surface area contributed by atoms with Crippen molar-refractivity contribution in [2.45, 2.75) is 31.3 Å². The zero-order valence-electron chi connectivity index (χ0n) is 13.4. The van der Waals surface area contributed by atoms with Crippen molar-refractivity contribution in [1.29, 1.82) is 0 Å². The smallest absolute Gasteiger partial charge is 0.220 e. The van der Waals surface area contributed by atoms with E-state index < -0.39 is 11.6 Å². The van der Waals surface area contributed by atoms with Gasteiger partial charge in [-0.15, -0.1) is 0 Å². The minimum absolute atomic E-state index is 0.0384. The molecule has 1 atom stereocenters. The number of rotatable bonds is 2. The van der Waals surface area contributed by atoms with Crippen LogP contribution in [0.4, 0.5) is 8.78 Å². The number of halogens is 2. The van der Waals surface area contributed by atoms with Gasteiger partial charge in [0.05, 0.1) is 0 Å². The third-order valence-corrected chi connectivity index (χ3v) is 5.14. The first kappa shape index (κ1) is 16.3.